The topological polar surface area (TPSA) is 37.4 Å². The highest BCUT2D eigenvalue weighted by molar-refractivity contribution is 7.91. The van der Waals surface area contributed by atoms with Crippen LogP contribution in [0, 0.1) is 5.41 Å². The van der Waals surface area contributed by atoms with Crippen molar-refractivity contribution in [2.24, 2.45) is 5.41 Å². The van der Waals surface area contributed by atoms with Gasteiger partial charge in [0.05, 0.1) is 4.34 Å². The largest absolute Gasteiger partial charge is 0.252 e. The van der Waals surface area contributed by atoms with E-state index in [9.17, 15) is 8.42 Å². The Labute approximate surface area is 117 Å². The first-order chi connectivity index (χ1) is 8.43. The smallest absolute Gasteiger partial charge is 0.206 e. The SMILES string of the molecule is CC1CC2(CCC2)CN1S(=O)(=O)c1ccc(Cl)s1. The van der Waals surface area contributed by atoms with E-state index in [1.165, 1.54) is 19.3 Å². The fourth-order valence-corrected chi connectivity index (χ4v) is 6.55. The third-order valence-electron chi connectivity index (χ3n) is 4.24. The van der Waals surface area contributed by atoms with Gasteiger partial charge in [0.25, 0.3) is 10.0 Å². The van der Waals surface area contributed by atoms with Crippen LogP contribution >= 0.6 is 22.9 Å². The van der Waals surface area contributed by atoms with Gasteiger partial charge in [-0.05, 0) is 43.7 Å². The van der Waals surface area contributed by atoms with E-state index in [1.54, 1.807) is 16.4 Å². The Morgan fingerprint density at radius 2 is 2.17 bits per heavy atom. The van der Waals surface area contributed by atoms with Crippen LogP contribution in [0.2, 0.25) is 4.34 Å². The fourth-order valence-electron chi connectivity index (χ4n) is 3.19. The molecule has 1 aromatic rings. The van der Waals surface area contributed by atoms with Crippen LogP contribution in [-0.4, -0.2) is 25.3 Å². The minimum Gasteiger partial charge on any atom is -0.206 e. The summed E-state index contributed by atoms with van der Waals surface area (Å²) in [6.07, 6.45) is 4.60. The van der Waals surface area contributed by atoms with Gasteiger partial charge in [0.15, 0.2) is 0 Å². The Bertz CT molecular complexity index is 562. The third-order valence-corrected chi connectivity index (χ3v) is 7.90. The maximum Gasteiger partial charge on any atom is 0.252 e. The van der Waals surface area contributed by atoms with Crippen molar-refractivity contribution in [1.29, 1.82) is 0 Å². The predicted octanol–water partition coefficient (Wildman–Crippen LogP) is 3.35. The van der Waals surface area contributed by atoms with Crippen LogP contribution in [0.15, 0.2) is 16.3 Å². The molecule has 1 spiro atoms. The zero-order valence-electron chi connectivity index (χ0n) is 10.2. The molecular formula is C12H16ClNO2S2. The highest BCUT2D eigenvalue weighted by Crippen LogP contribution is 2.51. The molecule has 1 aliphatic heterocycles. The van der Waals surface area contributed by atoms with Gasteiger partial charge in [0.1, 0.15) is 4.21 Å². The van der Waals surface area contributed by atoms with Gasteiger partial charge >= 0.3 is 0 Å². The van der Waals surface area contributed by atoms with Crippen molar-refractivity contribution in [3.05, 3.63) is 16.5 Å². The molecule has 0 N–H and O–H groups in total. The molecule has 0 aromatic carbocycles. The van der Waals surface area contributed by atoms with Crippen molar-refractivity contribution in [3.8, 4) is 0 Å². The van der Waals surface area contributed by atoms with Gasteiger partial charge in [-0.15, -0.1) is 11.3 Å². The van der Waals surface area contributed by atoms with Crippen LogP contribution in [0.25, 0.3) is 0 Å². The Balaban J connectivity index is 1.90. The van der Waals surface area contributed by atoms with Crippen molar-refractivity contribution in [3.63, 3.8) is 0 Å². The van der Waals surface area contributed by atoms with E-state index in [0.29, 0.717) is 15.1 Å². The molecule has 1 aromatic heterocycles. The van der Waals surface area contributed by atoms with Crippen LogP contribution < -0.4 is 0 Å². The fraction of sp³-hybridized carbons (Fsp3) is 0.667. The predicted molar refractivity (Wildman–Crippen MR) is 73.6 cm³/mol. The van der Waals surface area contributed by atoms with Crippen molar-refractivity contribution in [2.45, 2.75) is 42.9 Å². The van der Waals surface area contributed by atoms with E-state index in [1.807, 2.05) is 6.92 Å². The van der Waals surface area contributed by atoms with Gasteiger partial charge in [0.2, 0.25) is 0 Å². The van der Waals surface area contributed by atoms with Crippen LogP contribution in [-0.2, 0) is 10.0 Å². The average Bonchev–Trinajstić information content (AvgIpc) is 2.81. The summed E-state index contributed by atoms with van der Waals surface area (Å²) in [5.41, 5.74) is 0.271. The van der Waals surface area contributed by atoms with Gasteiger partial charge in [-0.1, -0.05) is 18.0 Å². The van der Waals surface area contributed by atoms with Gasteiger partial charge in [0, 0.05) is 12.6 Å². The van der Waals surface area contributed by atoms with Crippen molar-refractivity contribution in [2.75, 3.05) is 6.54 Å². The number of rotatable bonds is 2. The third kappa shape index (κ3) is 1.92. The van der Waals surface area contributed by atoms with E-state index in [2.05, 4.69) is 0 Å². The second kappa shape index (κ2) is 4.20. The number of hydrogen-bond acceptors (Lipinski definition) is 3. The number of hydrogen-bond donors (Lipinski definition) is 0. The van der Waals surface area contributed by atoms with Crippen LogP contribution in [0.1, 0.15) is 32.6 Å². The van der Waals surface area contributed by atoms with Crippen LogP contribution in [0.5, 0.6) is 0 Å². The molecule has 2 fully saturated rings. The molecule has 1 aliphatic carbocycles. The van der Waals surface area contributed by atoms with E-state index < -0.39 is 10.0 Å². The Morgan fingerprint density at radius 3 is 2.61 bits per heavy atom. The monoisotopic (exact) mass is 305 g/mol. The van der Waals surface area contributed by atoms with Gasteiger partial charge < -0.3 is 0 Å². The minimum atomic E-state index is -3.35. The molecule has 0 radical (unpaired) electrons. The van der Waals surface area contributed by atoms with Crippen LogP contribution in [0.3, 0.4) is 0 Å². The quantitative estimate of drug-likeness (QED) is 0.840. The Kier molecular flexibility index (Phi) is 3.01. The standard InChI is InChI=1S/C12H16ClNO2S2/c1-9-7-12(5-2-6-12)8-14(9)18(15,16)11-4-3-10(13)17-11/h3-4,9H,2,5-8H2,1H3. The van der Waals surface area contributed by atoms with Crippen molar-refractivity contribution < 1.29 is 8.42 Å². The summed E-state index contributed by atoms with van der Waals surface area (Å²) < 4.78 is 27.7. The number of sulfonamides is 1. The molecule has 3 nitrogen and oxygen atoms in total. The van der Waals surface area contributed by atoms with Crippen molar-refractivity contribution in [1.82, 2.24) is 4.31 Å². The molecule has 18 heavy (non-hydrogen) atoms. The molecule has 0 amide bonds. The number of nitrogens with zero attached hydrogens (tertiary/aromatic N) is 1. The molecule has 2 aliphatic rings. The second-order valence-corrected chi connectivity index (χ2v) is 9.35. The minimum absolute atomic E-state index is 0.108. The van der Waals surface area contributed by atoms with E-state index in [-0.39, 0.29) is 11.5 Å². The van der Waals surface area contributed by atoms with Gasteiger partial charge in [-0.2, -0.15) is 4.31 Å². The van der Waals surface area contributed by atoms with Crippen molar-refractivity contribution >= 4 is 33.0 Å². The Hall–Kier alpha value is -0.100. The zero-order chi connectivity index (χ0) is 13.0. The summed E-state index contributed by atoms with van der Waals surface area (Å²) in [5.74, 6) is 0. The first kappa shape index (κ1) is 12.9. The second-order valence-electron chi connectivity index (χ2n) is 5.52. The highest BCUT2D eigenvalue weighted by atomic mass is 35.5. The molecule has 1 saturated carbocycles. The number of thiophene rings is 1. The first-order valence-corrected chi connectivity index (χ1v) is 8.84. The lowest BCUT2D eigenvalue weighted by Crippen LogP contribution is -2.37. The van der Waals surface area contributed by atoms with Crippen LogP contribution in [0.4, 0.5) is 0 Å². The number of halogens is 1. The molecule has 1 unspecified atom stereocenters. The summed E-state index contributed by atoms with van der Waals surface area (Å²) in [6.45, 7) is 2.70. The summed E-state index contributed by atoms with van der Waals surface area (Å²) in [6, 6.07) is 3.37. The van der Waals surface area contributed by atoms with Gasteiger partial charge in [-0.25, -0.2) is 8.42 Å². The summed E-state index contributed by atoms with van der Waals surface area (Å²) in [5, 5.41) is 0. The molecule has 1 saturated heterocycles. The first-order valence-electron chi connectivity index (χ1n) is 6.20. The molecule has 6 heteroatoms. The van der Waals surface area contributed by atoms with Gasteiger partial charge in [-0.3, -0.25) is 0 Å². The van der Waals surface area contributed by atoms with E-state index >= 15 is 0 Å². The van der Waals surface area contributed by atoms with E-state index in [4.69, 9.17) is 11.6 Å². The molecule has 1 atom stereocenters. The average molecular weight is 306 g/mol. The maximum atomic E-state index is 12.6. The summed E-state index contributed by atoms with van der Waals surface area (Å²) in [7, 11) is -3.35. The summed E-state index contributed by atoms with van der Waals surface area (Å²) >= 11 is 6.98. The molecule has 2 heterocycles. The molecule has 100 valence electrons. The lowest BCUT2D eigenvalue weighted by Gasteiger charge is -2.37. The maximum absolute atomic E-state index is 12.6. The lowest BCUT2D eigenvalue weighted by molar-refractivity contribution is 0.152. The highest BCUT2D eigenvalue weighted by Gasteiger charge is 2.50. The lowest BCUT2D eigenvalue weighted by atomic mass is 9.68. The molecule has 0 bridgehead atoms. The molecule has 3 rings (SSSR count). The molecular weight excluding hydrogens is 290 g/mol. The zero-order valence-corrected chi connectivity index (χ0v) is 12.6. The van der Waals surface area contributed by atoms with E-state index in [0.717, 1.165) is 17.8 Å². The summed E-state index contributed by atoms with van der Waals surface area (Å²) in [4.78, 5) is 0. The normalized spacial score (nSPS) is 27.6. The Morgan fingerprint density at radius 1 is 1.44 bits per heavy atom.